The number of pyridine rings is 1. The van der Waals surface area contributed by atoms with Gasteiger partial charge in [-0.25, -0.2) is 13.8 Å². The van der Waals surface area contributed by atoms with E-state index in [4.69, 9.17) is 19.2 Å². The van der Waals surface area contributed by atoms with Crippen molar-refractivity contribution >= 4 is 11.8 Å². The SMILES string of the molecule is COc1cc(CCCCO[C@@H]2CCN([C@H](C(=O)O)c3cc(F)cc4c3CC(C(C)(C)F)CO4)C2)nc2c1CCCN2. The molecule has 1 saturated heterocycles. The van der Waals surface area contributed by atoms with Crippen molar-refractivity contribution < 1.29 is 32.9 Å². The van der Waals surface area contributed by atoms with Crippen LogP contribution in [-0.2, 0) is 28.8 Å². The number of rotatable bonds is 11. The van der Waals surface area contributed by atoms with Gasteiger partial charge in [-0.2, -0.15) is 0 Å². The number of carbonyl (C=O) groups is 1. The van der Waals surface area contributed by atoms with E-state index in [9.17, 15) is 18.7 Å². The maximum atomic E-state index is 14.8. The number of methoxy groups -OCH3 is 1. The van der Waals surface area contributed by atoms with Gasteiger partial charge in [0.15, 0.2) is 0 Å². The smallest absolute Gasteiger partial charge is 0.325 e. The van der Waals surface area contributed by atoms with Crippen molar-refractivity contribution in [2.24, 2.45) is 5.92 Å². The first-order chi connectivity index (χ1) is 19.6. The lowest BCUT2D eigenvalue weighted by Gasteiger charge is -2.35. The number of nitrogens with zero attached hydrogens (tertiary/aromatic N) is 2. The fourth-order valence-electron chi connectivity index (χ4n) is 6.20. The van der Waals surface area contributed by atoms with Crippen molar-refractivity contribution in [3.05, 3.63) is 46.4 Å². The van der Waals surface area contributed by atoms with Crippen LogP contribution in [0.15, 0.2) is 18.2 Å². The Morgan fingerprint density at radius 3 is 2.88 bits per heavy atom. The molecule has 2 N–H and O–H groups in total. The maximum absolute atomic E-state index is 14.8. The maximum Gasteiger partial charge on any atom is 0.325 e. The Hall–Kier alpha value is -2.98. The van der Waals surface area contributed by atoms with Crippen LogP contribution in [0, 0.1) is 11.7 Å². The van der Waals surface area contributed by atoms with Crippen LogP contribution in [0.1, 0.15) is 68.0 Å². The molecule has 1 aromatic carbocycles. The Labute approximate surface area is 240 Å². The van der Waals surface area contributed by atoms with Crippen LogP contribution in [0.3, 0.4) is 0 Å². The Bertz CT molecular complexity index is 1230. The number of aryl methyl sites for hydroxylation is 1. The number of fused-ring (bicyclic) bond motifs is 2. The summed E-state index contributed by atoms with van der Waals surface area (Å²) < 4.78 is 46.7. The van der Waals surface area contributed by atoms with Crippen LogP contribution < -0.4 is 14.8 Å². The highest BCUT2D eigenvalue weighted by molar-refractivity contribution is 5.77. The Morgan fingerprint density at radius 2 is 2.12 bits per heavy atom. The van der Waals surface area contributed by atoms with E-state index in [2.05, 4.69) is 5.32 Å². The second-order valence-corrected chi connectivity index (χ2v) is 11.9. The highest BCUT2D eigenvalue weighted by Crippen LogP contribution is 2.40. The molecule has 0 bridgehead atoms. The first-order valence-electron chi connectivity index (χ1n) is 14.7. The number of likely N-dealkylation sites (tertiary alicyclic amines) is 1. The van der Waals surface area contributed by atoms with Crippen molar-refractivity contribution in [2.45, 2.75) is 76.6 Å². The van der Waals surface area contributed by atoms with Crippen LogP contribution in [0.25, 0.3) is 0 Å². The lowest BCUT2D eigenvalue weighted by molar-refractivity contribution is -0.143. The summed E-state index contributed by atoms with van der Waals surface area (Å²) in [5.74, 6) is 0.0514. The van der Waals surface area contributed by atoms with Gasteiger partial charge in [0.1, 0.15) is 34.8 Å². The largest absolute Gasteiger partial charge is 0.496 e. The molecule has 0 spiro atoms. The Kier molecular flexibility index (Phi) is 8.99. The minimum atomic E-state index is -1.51. The molecule has 0 aliphatic carbocycles. The number of nitrogens with one attached hydrogen (secondary N) is 1. The molecule has 2 aromatic rings. The third kappa shape index (κ3) is 6.75. The zero-order chi connectivity index (χ0) is 29.1. The molecule has 5 rings (SSSR count). The van der Waals surface area contributed by atoms with Gasteiger partial charge in [0.25, 0.3) is 0 Å². The number of alkyl halides is 1. The predicted octanol–water partition coefficient (Wildman–Crippen LogP) is 5.13. The number of halogens is 2. The molecule has 4 heterocycles. The molecule has 1 unspecified atom stereocenters. The molecule has 0 amide bonds. The monoisotopic (exact) mass is 573 g/mol. The first kappa shape index (κ1) is 29.5. The highest BCUT2D eigenvalue weighted by atomic mass is 19.1. The van der Waals surface area contributed by atoms with Crippen LogP contribution in [-0.4, -0.2) is 72.7 Å². The van der Waals surface area contributed by atoms with Gasteiger partial charge in [0.2, 0.25) is 0 Å². The zero-order valence-electron chi connectivity index (χ0n) is 24.2. The number of carboxylic acids is 1. The van der Waals surface area contributed by atoms with Crippen LogP contribution in [0.4, 0.5) is 14.6 Å². The van der Waals surface area contributed by atoms with Crippen molar-refractivity contribution in [1.29, 1.82) is 0 Å². The molecule has 3 atom stereocenters. The van der Waals surface area contributed by atoms with E-state index in [1.807, 2.05) is 11.0 Å². The molecule has 10 heteroatoms. The molecule has 8 nitrogen and oxygen atoms in total. The summed E-state index contributed by atoms with van der Waals surface area (Å²) in [6.45, 7) is 5.53. The normalized spacial score (nSPS) is 21.4. The van der Waals surface area contributed by atoms with Gasteiger partial charge in [-0.05, 0) is 70.4 Å². The average molecular weight is 574 g/mol. The first-order valence-corrected chi connectivity index (χ1v) is 14.7. The van der Waals surface area contributed by atoms with E-state index in [1.54, 1.807) is 7.11 Å². The average Bonchev–Trinajstić information content (AvgIpc) is 3.39. The van der Waals surface area contributed by atoms with Gasteiger partial charge in [0.05, 0.1) is 19.8 Å². The van der Waals surface area contributed by atoms with E-state index in [1.165, 1.54) is 26.0 Å². The summed E-state index contributed by atoms with van der Waals surface area (Å²) >= 11 is 0. The fourth-order valence-corrected chi connectivity index (χ4v) is 6.20. The minimum Gasteiger partial charge on any atom is -0.496 e. The number of unbranched alkanes of at least 4 members (excludes halogenated alkanes) is 1. The molecule has 0 radical (unpaired) electrons. The van der Waals surface area contributed by atoms with Gasteiger partial charge in [-0.15, -0.1) is 0 Å². The number of benzene rings is 1. The van der Waals surface area contributed by atoms with Crippen molar-refractivity contribution in [3.63, 3.8) is 0 Å². The van der Waals surface area contributed by atoms with Crippen molar-refractivity contribution in [3.8, 4) is 11.5 Å². The Morgan fingerprint density at radius 1 is 1.29 bits per heavy atom. The lowest BCUT2D eigenvalue weighted by Crippen LogP contribution is -2.38. The topological polar surface area (TPSA) is 93.2 Å². The summed E-state index contributed by atoms with van der Waals surface area (Å²) in [7, 11) is 1.69. The third-order valence-electron chi connectivity index (χ3n) is 8.57. The van der Waals surface area contributed by atoms with E-state index in [-0.39, 0.29) is 12.7 Å². The highest BCUT2D eigenvalue weighted by Gasteiger charge is 2.40. The number of aliphatic carboxylic acids is 1. The molecule has 0 saturated carbocycles. The summed E-state index contributed by atoms with van der Waals surface area (Å²) in [6.07, 6.45) is 5.49. The zero-order valence-corrected chi connectivity index (χ0v) is 24.2. The number of hydrogen-bond donors (Lipinski definition) is 2. The molecule has 41 heavy (non-hydrogen) atoms. The van der Waals surface area contributed by atoms with Crippen molar-refractivity contribution in [2.75, 3.05) is 45.3 Å². The van der Waals surface area contributed by atoms with Gasteiger partial charge in [-0.3, -0.25) is 9.69 Å². The molecular formula is C31H41F2N3O5. The van der Waals surface area contributed by atoms with E-state index in [0.717, 1.165) is 61.5 Å². The number of anilines is 1. The molecule has 3 aliphatic rings. The Balaban J connectivity index is 1.17. The van der Waals surface area contributed by atoms with Crippen LogP contribution >= 0.6 is 0 Å². The van der Waals surface area contributed by atoms with Crippen LogP contribution in [0.2, 0.25) is 0 Å². The quantitative estimate of drug-likeness (QED) is 0.358. The number of ether oxygens (including phenoxy) is 3. The van der Waals surface area contributed by atoms with Gasteiger partial charge in [0, 0.05) is 61.1 Å². The van der Waals surface area contributed by atoms with Gasteiger partial charge >= 0.3 is 5.97 Å². The standard InChI is InChI=1S/C31H41F2N3O5/c1-31(2,33)19-13-24-25(14-20(32)15-27(24)41-18-19)28(30(37)38)36-11-9-22(17-36)40-12-5-4-7-21-16-26(39-3)23-8-6-10-34-29(23)35-21/h14-16,19,22,28H,4-13,17-18H2,1-3H3,(H,34,35)(H,37,38)/t19?,22-,28+/m1/s1. The second-order valence-electron chi connectivity index (χ2n) is 11.9. The summed E-state index contributed by atoms with van der Waals surface area (Å²) in [5.41, 5.74) is 1.55. The molecule has 1 fully saturated rings. The summed E-state index contributed by atoms with van der Waals surface area (Å²) in [5, 5.41) is 13.6. The number of carboxylic acid groups (broad SMARTS) is 1. The summed E-state index contributed by atoms with van der Waals surface area (Å²) in [4.78, 5) is 19.1. The van der Waals surface area contributed by atoms with E-state index >= 15 is 0 Å². The summed E-state index contributed by atoms with van der Waals surface area (Å²) in [6, 6.07) is 3.50. The van der Waals surface area contributed by atoms with E-state index < -0.39 is 29.4 Å². The molecule has 1 aromatic heterocycles. The van der Waals surface area contributed by atoms with Crippen molar-refractivity contribution in [1.82, 2.24) is 9.88 Å². The molecular weight excluding hydrogens is 532 g/mol. The lowest BCUT2D eigenvalue weighted by atomic mass is 9.82. The van der Waals surface area contributed by atoms with E-state index in [0.29, 0.717) is 49.4 Å². The third-order valence-corrected chi connectivity index (χ3v) is 8.57. The fraction of sp³-hybridized carbons (Fsp3) is 0.613. The molecule has 224 valence electrons. The number of aromatic nitrogens is 1. The minimum absolute atomic E-state index is 0.110. The second kappa shape index (κ2) is 12.5. The van der Waals surface area contributed by atoms with Gasteiger partial charge < -0.3 is 24.6 Å². The van der Waals surface area contributed by atoms with Crippen LogP contribution in [0.5, 0.6) is 11.5 Å². The predicted molar refractivity (Wildman–Crippen MR) is 151 cm³/mol. The molecule has 3 aliphatic heterocycles. The number of hydrogen-bond acceptors (Lipinski definition) is 7. The van der Waals surface area contributed by atoms with Gasteiger partial charge in [-0.1, -0.05) is 0 Å².